The minimum Gasteiger partial charge on any atom is -0.508 e. The molecule has 0 bridgehead atoms. The summed E-state index contributed by atoms with van der Waals surface area (Å²) in [5.41, 5.74) is 1.18. The molecule has 1 aromatic heterocycles. The molecule has 1 heterocycles. The van der Waals surface area contributed by atoms with Crippen LogP contribution >= 0.6 is 0 Å². The highest BCUT2D eigenvalue weighted by atomic mass is 16.4. The second kappa shape index (κ2) is 6.23. The van der Waals surface area contributed by atoms with Crippen molar-refractivity contribution < 1.29 is 14.6 Å². The summed E-state index contributed by atoms with van der Waals surface area (Å²) in [6, 6.07) is 10.8. The molecule has 0 aliphatic heterocycles. The van der Waals surface area contributed by atoms with Crippen molar-refractivity contribution >= 4 is 0 Å². The Morgan fingerprint density at radius 1 is 1.00 bits per heavy atom. The number of furan rings is 1. The zero-order chi connectivity index (χ0) is 12.8. The number of benzene rings is 1. The zero-order valence-electron chi connectivity index (χ0n) is 10.1. The summed E-state index contributed by atoms with van der Waals surface area (Å²) in [6.45, 7) is 1.42. The van der Waals surface area contributed by atoms with E-state index < -0.39 is 0 Å². The number of rotatable bonds is 6. The van der Waals surface area contributed by atoms with Gasteiger partial charge < -0.3 is 19.9 Å². The first kappa shape index (κ1) is 12.7. The molecule has 0 radical (unpaired) electrons. The van der Waals surface area contributed by atoms with Crippen LogP contribution in [0.4, 0.5) is 0 Å². The first-order valence-corrected chi connectivity index (χ1v) is 5.95. The lowest BCUT2D eigenvalue weighted by Crippen LogP contribution is -2.16. The molecule has 0 amide bonds. The monoisotopic (exact) mass is 247 g/mol. The van der Waals surface area contributed by atoms with Crippen molar-refractivity contribution in [2.24, 2.45) is 0 Å². The van der Waals surface area contributed by atoms with Gasteiger partial charge in [0.15, 0.2) is 0 Å². The fraction of sp³-hybridized carbons (Fsp3) is 0.286. The average molecular weight is 247 g/mol. The van der Waals surface area contributed by atoms with E-state index in [1.807, 2.05) is 18.2 Å². The summed E-state index contributed by atoms with van der Waals surface area (Å²) >= 11 is 0. The van der Waals surface area contributed by atoms with Crippen LogP contribution in [0, 0.1) is 0 Å². The number of aliphatic hydroxyl groups excluding tert-OH is 1. The smallest absolute Gasteiger partial charge is 0.129 e. The van der Waals surface area contributed by atoms with Crippen LogP contribution in [-0.2, 0) is 19.6 Å². The summed E-state index contributed by atoms with van der Waals surface area (Å²) in [7, 11) is 0. The van der Waals surface area contributed by atoms with Crippen molar-refractivity contribution in [2.75, 3.05) is 6.54 Å². The van der Waals surface area contributed by atoms with E-state index in [0.717, 1.165) is 18.7 Å². The molecule has 18 heavy (non-hydrogen) atoms. The molecule has 2 rings (SSSR count). The van der Waals surface area contributed by atoms with Crippen LogP contribution in [0.25, 0.3) is 0 Å². The van der Waals surface area contributed by atoms with Gasteiger partial charge in [-0.3, -0.25) is 0 Å². The predicted octanol–water partition coefficient (Wildman–Crippen LogP) is 1.81. The van der Waals surface area contributed by atoms with Crippen LogP contribution in [0.5, 0.6) is 5.75 Å². The largest absolute Gasteiger partial charge is 0.508 e. The molecule has 0 saturated carbocycles. The summed E-state index contributed by atoms with van der Waals surface area (Å²) < 4.78 is 5.36. The van der Waals surface area contributed by atoms with Gasteiger partial charge in [0.1, 0.15) is 23.9 Å². The van der Waals surface area contributed by atoms with Crippen molar-refractivity contribution in [3.05, 3.63) is 53.5 Å². The zero-order valence-corrected chi connectivity index (χ0v) is 10.1. The van der Waals surface area contributed by atoms with E-state index in [4.69, 9.17) is 14.6 Å². The van der Waals surface area contributed by atoms with Crippen molar-refractivity contribution in [3.8, 4) is 5.75 Å². The Bertz CT molecular complexity index is 476. The Morgan fingerprint density at radius 3 is 2.39 bits per heavy atom. The van der Waals surface area contributed by atoms with Crippen molar-refractivity contribution in [1.29, 1.82) is 0 Å². The lowest BCUT2D eigenvalue weighted by atomic mass is 10.1. The van der Waals surface area contributed by atoms with Gasteiger partial charge in [-0.2, -0.15) is 0 Å². The number of aromatic hydroxyl groups is 1. The lowest BCUT2D eigenvalue weighted by molar-refractivity contribution is 0.243. The third-order valence-electron chi connectivity index (χ3n) is 2.70. The highest BCUT2D eigenvalue weighted by molar-refractivity contribution is 5.25. The number of phenolic OH excluding ortho intramolecular Hbond substituents is 1. The van der Waals surface area contributed by atoms with E-state index >= 15 is 0 Å². The van der Waals surface area contributed by atoms with Crippen LogP contribution in [0.1, 0.15) is 17.1 Å². The molecule has 2 aromatic rings. The van der Waals surface area contributed by atoms with E-state index in [1.165, 1.54) is 5.56 Å². The van der Waals surface area contributed by atoms with Crippen molar-refractivity contribution in [2.45, 2.75) is 19.6 Å². The summed E-state index contributed by atoms with van der Waals surface area (Å²) in [4.78, 5) is 0. The lowest BCUT2D eigenvalue weighted by Gasteiger charge is -2.03. The normalized spacial score (nSPS) is 10.7. The molecule has 1 aromatic carbocycles. The summed E-state index contributed by atoms with van der Waals surface area (Å²) in [6.07, 6.45) is 0.897. The van der Waals surface area contributed by atoms with E-state index in [-0.39, 0.29) is 6.61 Å². The predicted molar refractivity (Wildman–Crippen MR) is 68.1 cm³/mol. The Kier molecular flexibility index (Phi) is 4.39. The molecule has 0 spiro atoms. The molecule has 96 valence electrons. The highest BCUT2D eigenvalue weighted by Gasteiger charge is 2.00. The second-order valence-corrected chi connectivity index (χ2v) is 4.12. The van der Waals surface area contributed by atoms with E-state index in [9.17, 15) is 0 Å². The van der Waals surface area contributed by atoms with Gasteiger partial charge in [-0.25, -0.2) is 0 Å². The third kappa shape index (κ3) is 3.61. The Balaban J connectivity index is 1.71. The van der Waals surface area contributed by atoms with E-state index in [2.05, 4.69) is 5.32 Å². The third-order valence-corrected chi connectivity index (χ3v) is 2.70. The number of nitrogens with one attached hydrogen (secondary N) is 1. The molecular formula is C14H17NO3. The number of aliphatic hydroxyl groups is 1. The number of hydrogen-bond acceptors (Lipinski definition) is 4. The maximum Gasteiger partial charge on any atom is 0.129 e. The van der Waals surface area contributed by atoms with Crippen LogP contribution < -0.4 is 5.32 Å². The van der Waals surface area contributed by atoms with Gasteiger partial charge in [0.05, 0.1) is 6.54 Å². The molecule has 4 heteroatoms. The Morgan fingerprint density at radius 2 is 1.72 bits per heavy atom. The molecule has 0 aliphatic rings. The molecular weight excluding hydrogens is 230 g/mol. The van der Waals surface area contributed by atoms with Crippen LogP contribution in [0.15, 0.2) is 40.8 Å². The van der Waals surface area contributed by atoms with Gasteiger partial charge in [0.2, 0.25) is 0 Å². The first-order chi connectivity index (χ1) is 8.78. The molecule has 0 atom stereocenters. The maximum absolute atomic E-state index is 9.15. The summed E-state index contributed by atoms with van der Waals surface area (Å²) in [5.74, 6) is 1.70. The number of phenols is 1. The minimum absolute atomic E-state index is 0.0620. The molecule has 4 nitrogen and oxygen atoms in total. The van der Waals surface area contributed by atoms with Gasteiger partial charge >= 0.3 is 0 Å². The average Bonchev–Trinajstić information content (AvgIpc) is 2.85. The fourth-order valence-electron chi connectivity index (χ4n) is 1.71. The topological polar surface area (TPSA) is 65.6 Å². The Labute approximate surface area is 106 Å². The van der Waals surface area contributed by atoms with Crippen molar-refractivity contribution in [3.63, 3.8) is 0 Å². The molecule has 0 aliphatic carbocycles. The minimum atomic E-state index is -0.0620. The van der Waals surface area contributed by atoms with Gasteiger partial charge in [-0.05, 0) is 42.8 Å². The molecule has 0 fully saturated rings. The number of hydrogen-bond donors (Lipinski definition) is 3. The highest BCUT2D eigenvalue weighted by Crippen LogP contribution is 2.10. The molecule has 0 saturated heterocycles. The van der Waals surface area contributed by atoms with Crippen LogP contribution in [0.2, 0.25) is 0 Å². The van der Waals surface area contributed by atoms with E-state index in [1.54, 1.807) is 18.2 Å². The summed E-state index contributed by atoms with van der Waals surface area (Å²) in [5, 5.41) is 21.3. The Hall–Kier alpha value is -1.78. The SMILES string of the molecule is OCc1ccc(CNCCc2ccc(O)cc2)o1. The molecule has 3 N–H and O–H groups in total. The van der Waals surface area contributed by atoms with Gasteiger partial charge in [-0.1, -0.05) is 12.1 Å². The second-order valence-electron chi connectivity index (χ2n) is 4.12. The maximum atomic E-state index is 9.15. The van der Waals surface area contributed by atoms with Gasteiger partial charge in [0.25, 0.3) is 0 Å². The van der Waals surface area contributed by atoms with Crippen molar-refractivity contribution in [1.82, 2.24) is 5.32 Å². The first-order valence-electron chi connectivity index (χ1n) is 5.95. The standard InChI is InChI=1S/C14H17NO3/c16-10-14-6-5-13(18-14)9-15-8-7-11-1-3-12(17)4-2-11/h1-6,15-17H,7-10H2. The van der Waals surface area contributed by atoms with Crippen LogP contribution in [-0.4, -0.2) is 16.8 Å². The van der Waals surface area contributed by atoms with Gasteiger partial charge in [0, 0.05) is 0 Å². The molecule has 0 unspecified atom stereocenters. The van der Waals surface area contributed by atoms with E-state index in [0.29, 0.717) is 18.1 Å². The van der Waals surface area contributed by atoms with Gasteiger partial charge in [-0.15, -0.1) is 0 Å². The van der Waals surface area contributed by atoms with Crippen LogP contribution in [0.3, 0.4) is 0 Å². The fourth-order valence-corrected chi connectivity index (χ4v) is 1.71. The quantitative estimate of drug-likeness (QED) is 0.681.